The number of hydrogen-bond acceptors (Lipinski definition) is 8. The molecule has 1 aliphatic heterocycles. The van der Waals surface area contributed by atoms with Gasteiger partial charge in [0.15, 0.2) is 5.82 Å². The first-order chi connectivity index (χ1) is 17.4. The van der Waals surface area contributed by atoms with E-state index in [1.165, 1.54) is 18.6 Å². The summed E-state index contributed by atoms with van der Waals surface area (Å²) in [6, 6.07) is 0.780. The number of halogens is 5. The van der Waals surface area contributed by atoms with Gasteiger partial charge in [-0.1, -0.05) is 13.8 Å². The number of likely N-dealkylation sites (tertiary alicyclic amines) is 1. The maximum Gasteiger partial charge on any atom is 0.419 e. The molecule has 2 aromatic rings. The zero-order valence-electron chi connectivity index (χ0n) is 20.2. The SMILES string of the molecule is CCCN=CC(=C(N)C(=O)N1CC(F)(F)C[C@@H](C)C1CNc1ncc(C(F)(F)F)cn1)c1ncccn1. The van der Waals surface area contributed by atoms with E-state index in [1.807, 2.05) is 6.92 Å². The molecule has 1 unspecified atom stereocenters. The molecule has 14 heteroatoms. The Hall–Kier alpha value is -3.71. The molecule has 0 aromatic carbocycles. The third-order valence-corrected chi connectivity index (χ3v) is 5.69. The fourth-order valence-electron chi connectivity index (χ4n) is 3.88. The third kappa shape index (κ3) is 7.17. The molecular formula is C23H27F5N8O. The predicted octanol–water partition coefficient (Wildman–Crippen LogP) is 3.42. The van der Waals surface area contributed by atoms with Crippen molar-refractivity contribution in [2.45, 2.75) is 44.8 Å². The molecule has 0 aliphatic carbocycles. The van der Waals surface area contributed by atoms with Crippen LogP contribution in [0.15, 0.2) is 41.5 Å². The van der Waals surface area contributed by atoms with E-state index in [4.69, 9.17) is 5.73 Å². The van der Waals surface area contributed by atoms with E-state index in [9.17, 15) is 26.7 Å². The minimum absolute atomic E-state index is 0.0945. The molecule has 3 N–H and O–H groups in total. The van der Waals surface area contributed by atoms with Gasteiger partial charge in [-0.3, -0.25) is 9.79 Å². The molecule has 200 valence electrons. The Kier molecular flexibility index (Phi) is 8.71. The zero-order chi connectivity index (χ0) is 27.2. The minimum Gasteiger partial charge on any atom is -0.394 e. The van der Waals surface area contributed by atoms with Crippen LogP contribution in [0, 0.1) is 5.92 Å². The second kappa shape index (κ2) is 11.6. The van der Waals surface area contributed by atoms with Crippen LogP contribution in [0.25, 0.3) is 5.57 Å². The summed E-state index contributed by atoms with van der Waals surface area (Å²) in [6.07, 6.45) is 1.09. The molecule has 0 saturated carbocycles. The van der Waals surface area contributed by atoms with Crippen molar-refractivity contribution in [3.05, 3.63) is 47.9 Å². The standard InChI is InChI=1S/C23H27F5N8O/c1-3-5-30-11-16(19-31-6-4-7-32-19)18(29)20(37)36-13-22(24,25)8-14(2)17(36)12-35-21-33-9-15(10-34-21)23(26,27)28/h4,6-7,9-11,14,17H,3,5,8,12-13,29H2,1-2H3,(H,33,34,35)/t14-,17?/m1/s1. The Labute approximate surface area is 210 Å². The molecule has 0 spiro atoms. The lowest BCUT2D eigenvalue weighted by Crippen LogP contribution is -2.58. The number of carbonyl (C=O) groups is 1. The van der Waals surface area contributed by atoms with E-state index in [0.717, 1.165) is 11.3 Å². The highest BCUT2D eigenvalue weighted by Gasteiger charge is 2.46. The number of allylic oxidation sites excluding steroid dienone is 1. The van der Waals surface area contributed by atoms with Gasteiger partial charge >= 0.3 is 6.18 Å². The van der Waals surface area contributed by atoms with Gasteiger partial charge in [-0.2, -0.15) is 13.2 Å². The van der Waals surface area contributed by atoms with E-state index in [2.05, 4.69) is 30.2 Å². The molecule has 1 amide bonds. The number of piperidine rings is 1. The quantitative estimate of drug-likeness (QED) is 0.307. The zero-order valence-corrected chi connectivity index (χ0v) is 20.2. The van der Waals surface area contributed by atoms with Gasteiger partial charge < -0.3 is 16.0 Å². The summed E-state index contributed by atoms with van der Waals surface area (Å²) in [6.45, 7) is 2.91. The number of hydrogen-bond donors (Lipinski definition) is 2. The number of anilines is 1. The highest BCUT2D eigenvalue weighted by molar-refractivity contribution is 6.17. The van der Waals surface area contributed by atoms with Crippen molar-refractivity contribution in [2.24, 2.45) is 16.6 Å². The van der Waals surface area contributed by atoms with Crippen LogP contribution in [0.4, 0.5) is 27.9 Å². The first-order valence-corrected chi connectivity index (χ1v) is 11.5. The maximum atomic E-state index is 14.5. The number of amides is 1. The Bertz CT molecular complexity index is 1120. The largest absolute Gasteiger partial charge is 0.419 e. The van der Waals surface area contributed by atoms with Crippen LogP contribution in [-0.2, 0) is 11.0 Å². The summed E-state index contributed by atoms with van der Waals surface area (Å²) >= 11 is 0. The van der Waals surface area contributed by atoms with Crippen molar-refractivity contribution >= 4 is 23.6 Å². The molecule has 0 radical (unpaired) electrons. The summed E-state index contributed by atoms with van der Waals surface area (Å²) in [5.41, 5.74) is 4.90. The number of carbonyl (C=O) groups excluding carboxylic acids is 1. The van der Waals surface area contributed by atoms with Crippen LogP contribution >= 0.6 is 0 Å². The number of nitrogens with zero attached hydrogens (tertiary/aromatic N) is 6. The molecule has 3 heterocycles. The summed E-state index contributed by atoms with van der Waals surface area (Å²) < 4.78 is 67.4. The summed E-state index contributed by atoms with van der Waals surface area (Å²) in [4.78, 5) is 34.1. The normalized spacial score (nSPS) is 20.6. The Morgan fingerprint density at radius 2 is 1.89 bits per heavy atom. The van der Waals surface area contributed by atoms with Gasteiger partial charge in [-0.15, -0.1) is 0 Å². The molecule has 3 rings (SSSR count). The van der Waals surface area contributed by atoms with Crippen molar-refractivity contribution in [1.82, 2.24) is 24.8 Å². The van der Waals surface area contributed by atoms with Crippen molar-refractivity contribution in [1.29, 1.82) is 0 Å². The molecule has 1 fully saturated rings. The number of aromatic nitrogens is 4. The van der Waals surface area contributed by atoms with Gasteiger partial charge in [0, 0.05) is 50.5 Å². The smallest absolute Gasteiger partial charge is 0.394 e. The molecule has 2 aromatic heterocycles. The van der Waals surface area contributed by atoms with Gasteiger partial charge in [-0.05, 0) is 18.4 Å². The van der Waals surface area contributed by atoms with Gasteiger partial charge in [0.05, 0.1) is 23.7 Å². The van der Waals surface area contributed by atoms with Crippen LogP contribution in [-0.4, -0.2) is 68.6 Å². The topological polar surface area (TPSA) is 122 Å². The number of aliphatic imine (C=N–C) groups is 1. The third-order valence-electron chi connectivity index (χ3n) is 5.69. The highest BCUT2D eigenvalue weighted by atomic mass is 19.4. The summed E-state index contributed by atoms with van der Waals surface area (Å²) in [5, 5.41) is 2.74. The Balaban J connectivity index is 1.90. The van der Waals surface area contributed by atoms with E-state index in [-0.39, 0.29) is 29.6 Å². The molecule has 1 saturated heterocycles. The molecule has 0 bridgehead atoms. The van der Waals surface area contributed by atoms with Crippen molar-refractivity contribution in [3.8, 4) is 0 Å². The van der Waals surface area contributed by atoms with Crippen LogP contribution in [0.5, 0.6) is 0 Å². The molecule has 9 nitrogen and oxygen atoms in total. The van der Waals surface area contributed by atoms with Crippen molar-refractivity contribution < 1.29 is 26.7 Å². The van der Waals surface area contributed by atoms with Gasteiger partial charge in [0.2, 0.25) is 5.95 Å². The van der Waals surface area contributed by atoms with Crippen LogP contribution in [0.2, 0.25) is 0 Å². The number of alkyl halides is 5. The van der Waals surface area contributed by atoms with Crippen LogP contribution in [0.3, 0.4) is 0 Å². The van der Waals surface area contributed by atoms with Crippen LogP contribution < -0.4 is 11.1 Å². The summed E-state index contributed by atoms with van der Waals surface area (Å²) in [7, 11) is 0. The molecule has 1 aliphatic rings. The number of rotatable bonds is 8. The fraction of sp³-hybridized carbons (Fsp3) is 0.478. The summed E-state index contributed by atoms with van der Waals surface area (Å²) in [5.74, 6) is -4.75. The van der Waals surface area contributed by atoms with E-state index in [1.54, 1.807) is 13.0 Å². The Morgan fingerprint density at radius 3 is 2.49 bits per heavy atom. The van der Waals surface area contributed by atoms with Crippen molar-refractivity contribution in [3.63, 3.8) is 0 Å². The van der Waals surface area contributed by atoms with E-state index < -0.39 is 48.5 Å². The predicted molar refractivity (Wildman–Crippen MR) is 127 cm³/mol. The lowest BCUT2D eigenvalue weighted by atomic mass is 9.88. The van der Waals surface area contributed by atoms with Crippen molar-refractivity contribution in [2.75, 3.05) is 25.0 Å². The second-order valence-electron chi connectivity index (χ2n) is 8.65. The fourth-order valence-corrected chi connectivity index (χ4v) is 3.88. The average molecular weight is 527 g/mol. The van der Waals surface area contributed by atoms with Gasteiger partial charge in [0.1, 0.15) is 5.70 Å². The monoisotopic (exact) mass is 526 g/mol. The highest BCUT2D eigenvalue weighted by Crippen LogP contribution is 2.35. The van der Waals surface area contributed by atoms with Gasteiger partial charge in [-0.25, -0.2) is 28.7 Å². The Morgan fingerprint density at radius 1 is 1.24 bits per heavy atom. The van der Waals surface area contributed by atoms with E-state index in [0.29, 0.717) is 18.9 Å². The molecule has 37 heavy (non-hydrogen) atoms. The van der Waals surface area contributed by atoms with Gasteiger partial charge in [0.25, 0.3) is 11.8 Å². The average Bonchev–Trinajstić information content (AvgIpc) is 2.85. The lowest BCUT2D eigenvalue weighted by molar-refractivity contribution is -0.148. The lowest BCUT2D eigenvalue weighted by Gasteiger charge is -2.43. The van der Waals surface area contributed by atoms with E-state index >= 15 is 0 Å². The van der Waals surface area contributed by atoms with Crippen LogP contribution in [0.1, 0.15) is 38.1 Å². The first-order valence-electron chi connectivity index (χ1n) is 11.5. The number of nitrogens with one attached hydrogen (secondary N) is 1. The maximum absolute atomic E-state index is 14.5. The molecule has 2 atom stereocenters. The second-order valence-corrected chi connectivity index (χ2v) is 8.65. The first kappa shape index (κ1) is 27.9. The molecular weight excluding hydrogens is 499 g/mol. The minimum atomic E-state index is -4.60. The number of nitrogens with two attached hydrogens (primary N) is 1.